The van der Waals surface area contributed by atoms with Gasteiger partial charge in [0.25, 0.3) is 0 Å². The number of aromatic nitrogens is 2. The predicted molar refractivity (Wildman–Crippen MR) is 79.3 cm³/mol. The summed E-state index contributed by atoms with van der Waals surface area (Å²) in [4.78, 5) is 8.65. The maximum atomic E-state index is 4.45. The second-order valence-electron chi connectivity index (χ2n) is 6.20. The van der Waals surface area contributed by atoms with Crippen molar-refractivity contribution in [2.45, 2.75) is 47.5 Å². The van der Waals surface area contributed by atoms with Gasteiger partial charge in [0.15, 0.2) is 0 Å². The van der Waals surface area contributed by atoms with Crippen molar-refractivity contribution in [2.75, 3.05) is 5.43 Å². The zero-order valence-electron chi connectivity index (χ0n) is 12.4. The van der Waals surface area contributed by atoms with Gasteiger partial charge < -0.3 is 0 Å². The third kappa shape index (κ3) is 3.88. The molecule has 1 aliphatic carbocycles. The Balaban J connectivity index is 2.16. The quantitative estimate of drug-likeness (QED) is 0.824. The van der Waals surface area contributed by atoms with E-state index in [2.05, 4.69) is 47.3 Å². The Morgan fingerprint density at radius 2 is 1.74 bits per heavy atom. The average molecular weight is 258 g/mol. The second kappa shape index (κ2) is 5.11. The fraction of sp³-hybridized carbons (Fsp3) is 0.533. The number of hydrazone groups is 1. The van der Waals surface area contributed by atoms with Gasteiger partial charge in [-0.05, 0) is 51.2 Å². The molecular weight excluding hydrogens is 236 g/mol. The molecule has 0 bridgehead atoms. The van der Waals surface area contributed by atoms with Crippen LogP contribution in [-0.4, -0.2) is 15.7 Å². The van der Waals surface area contributed by atoms with Gasteiger partial charge in [-0.2, -0.15) is 5.10 Å². The van der Waals surface area contributed by atoms with Crippen molar-refractivity contribution in [3.8, 4) is 0 Å². The second-order valence-corrected chi connectivity index (χ2v) is 6.20. The van der Waals surface area contributed by atoms with Crippen LogP contribution in [0.25, 0.3) is 0 Å². The van der Waals surface area contributed by atoms with Crippen LogP contribution in [-0.2, 0) is 0 Å². The van der Waals surface area contributed by atoms with Gasteiger partial charge in [-0.25, -0.2) is 15.4 Å². The van der Waals surface area contributed by atoms with Crippen LogP contribution in [0.3, 0.4) is 0 Å². The van der Waals surface area contributed by atoms with E-state index in [0.717, 1.165) is 29.9 Å². The molecule has 1 aliphatic rings. The third-order valence-electron chi connectivity index (χ3n) is 3.11. The van der Waals surface area contributed by atoms with Crippen LogP contribution >= 0.6 is 0 Å². The van der Waals surface area contributed by atoms with E-state index in [0.29, 0.717) is 5.95 Å². The minimum absolute atomic E-state index is 0.280. The number of hydrogen-bond acceptors (Lipinski definition) is 4. The van der Waals surface area contributed by atoms with Gasteiger partial charge >= 0.3 is 0 Å². The maximum Gasteiger partial charge on any atom is 0.243 e. The summed E-state index contributed by atoms with van der Waals surface area (Å²) >= 11 is 0. The average Bonchev–Trinajstić information content (AvgIpc) is 2.22. The first kappa shape index (κ1) is 13.7. The van der Waals surface area contributed by atoms with Crippen LogP contribution < -0.4 is 5.43 Å². The predicted octanol–water partition coefficient (Wildman–Crippen LogP) is 3.63. The zero-order chi connectivity index (χ0) is 14.0. The highest BCUT2D eigenvalue weighted by Crippen LogP contribution is 2.33. The highest BCUT2D eigenvalue weighted by molar-refractivity contribution is 5.97. The number of rotatable bonds is 2. The van der Waals surface area contributed by atoms with Crippen LogP contribution in [0.5, 0.6) is 0 Å². The van der Waals surface area contributed by atoms with Crippen LogP contribution in [0.1, 0.15) is 45.0 Å². The number of nitrogens with one attached hydrogen (secondary N) is 1. The summed E-state index contributed by atoms with van der Waals surface area (Å²) in [5, 5.41) is 4.45. The lowest BCUT2D eigenvalue weighted by Gasteiger charge is -2.29. The van der Waals surface area contributed by atoms with Crippen LogP contribution in [0, 0.1) is 19.3 Å². The monoisotopic (exact) mass is 258 g/mol. The Labute approximate surface area is 115 Å². The number of hydrogen-bond donors (Lipinski definition) is 1. The first-order valence-corrected chi connectivity index (χ1v) is 6.66. The zero-order valence-corrected chi connectivity index (χ0v) is 12.4. The molecule has 0 fully saturated rings. The van der Waals surface area contributed by atoms with E-state index >= 15 is 0 Å². The van der Waals surface area contributed by atoms with E-state index < -0.39 is 0 Å². The standard InChI is InChI=1S/C15H22N4/c1-10-6-13(9-15(4,5)8-10)18-19-14-16-11(2)7-12(3)17-14/h6-7H,8-9H2,1-5H3,(H,16,17,19)/b18-13-. The molecule has 4 heteroatoms. The molecule has 0 amide bonds. The van der Waals surface area contributed by atoms with Gasteiger partial charge in [0, 0.05) is 11.4 Å². The summed E-state index contributed by atoms with van der Waals surface area (Å²) in [5.41, 5.74) is 7.60. The minimum atomic E-state index is 0.280. The van der Waals surface area contributed by atoms with E-state index in [1.807, 2.05) is 19.9 Å². The Kier molecular flexibility index (Phi) is 3.69. The van der Waals surface area contributed by atoms with Crippen molar-refractivity contribution in [1.82, 2.24) is 9.97 Å². The van der Waals surface area contributed by atoms with Gasteiger partial charge in [0.05, 0.1) is 5.71 Å². The van der Waals surface area contributed by atoms with E-state index in [4.69, 9.17) is 0 Å². The lowest BCUT2D eigenvalue weighted by molar-refractivity contribution is 0.373. The van der Waals surface area contributed by atoms with E-state index in [1.165, 1.54) is 5.57 Å². The van der Waals surface area contributed by atoms with E-state index in [1.54, 1.807) is 0 Å². The first-order chi connectivity index (χ1) is 8.84. The van der Waals surface area contributed by atoms with Gasteiger partial charge in [-0.3, -0.25) is 0 Å². The molecule has 0 spiro atoms. The molecule has 0 saturated carbocycles. The molecule has 4 nitrogen and oxygen atoms in total. The number of nitrogens with zero attached hydrogens (tertiary/aromatic N) is 3. The van der Waals surface area contributed by atoms with Crippen LogP contribution in [0.4, 0.5) is 5.95 Å². The number of aryl methyl sites for hydroxylation is 2. The molecule has 2 rings (SSSR count). The molecular formula is C15H22N4. The molecule has 0 aliphatic heterocycles. The lowest BCUT2D eigenvalue weighted by atomic mass is 9.77. The molecule has 0 saturated heterocycles. The molecule has 1 aromatic heterocycles. The molecule has 1 N–H and O–H groups in total. The van der Waals surface area contributed by atoms with Crippen LogP contribution in [0.2, 0.25) is 0 Å². The number of allylic oxidation sites excluding steroid dienone is 2. The normalized spacial score (nSPS) is 20.3. The number of anilines is 1. The van der Waals surface area contributed by atoms with Gasteiger partial charge in [-0.15, -0.1) is 0 Å². The smallest absolute Gasteiger partial charge is 0.243 e. The molecule has 102 valence electrons. The molecule has 1 heterocycles. The SMILES string of the molecule is CC1=C/C(=N/Nc2nc(C)cc(C)n2)CC(C)(C)C1. The van der Waals surface area contributed by atoms with Crippen molar-refractivity contribution < 1.29 is 0 Å². The Morgan fingerprint density at radius 3 is 2.32 bits per heavy atom. The van der Waals surface area contributed by atoms with Crippen LogP contribution in [0.15, 0.2) is 22.8 Å². The fourth-order valence-electron chi connectivity index (χ4n) is 2.66. The summed E-state index contributed by atoms with van der Waals surface area (Å²) in [6.07, 6.45) is 4.26. The Bertz CT molecular complexity index is 521. The summed E-state index contributed by atoms with van der Waals surface area (Å²) in [6, 6.07) is 1.95. The fourth-order valence-corrected chi connectivity index (χ4v) is 2.66. The van der Waals surface area contributed by atoms with E-state index in [-0.39, 0.29) is 5.41 Å². The van der Waals surface area contributed by atoms with Crippen molar-refractivity contribution in [1.29, 1.82) is 0 Å². The molecule has 0 unspecified atom stereocenters. The lowest BCUT2D eigenvalue weighted by Crippen LogP contribution is -2.22. The molecule has 0 radical (unpaired) electrons. The van der Waals surface area contributed by atoms with E-state index in [9.17, 15) is 0 Å². The maximum absolute atomic E-state index is 4.45. The summed E-state index contributed by atoms with van der Waals surface area (Å²) in [6.45, 7) is 10.6. The van der Waals surface area contributed by atoms with Gasteiger partial charge in [-0.1, -0.05) is 19.4 Å². The van der Waals surface area contributed by atoms with Gasteiger partial charge in [0.1, 0.15) is 0 Å². The van der Waals surface area contributed by atoms with Crippen molar-refractivity contribution in [3.05, 3.63) is 29.1 Å². The summed E-state index contributed by atoms with van der Waals surface area (Å²) in [5.74, 6) is 0.569. The third-order valence-corrected chi connectivity index (χ3v) is 3.11. The highest BCUT2D eigenvalue weighted by atomic mass is 15.4. The molecule has 0 aromatic carbocycles. The Hall–Kier alpha value is -1.71. The highest BCUT2D eigenvalue weighted by Gasteiger charge is 2.24. The van der Waals surface area contributed by atoms with Crippen molar-refractivity contribution in [3.63, 3.8) is 0 Å². The molecule has 1 aromatic rings. The molecule has 0 atom stereocenters. The minimum Gasteiger partial charge on any atom is -0.245 e. The largest absolute Gasteiger partial charge is 0.245 e. The topological polar surface area (TPSA) is 50.2 Å². The summed E-state index contributed by atoms with van der Waals surface area (Å²) < 4.78 is 0. The Morgan fingerprint density at radius 1 is 1.11 bits per heavy atom. The van der Waals surface area contributed by atoms with Gasteiger partial charge in [0.2, 0.25) is 5.95 Å². The summed E-state index contributed by atoms with van der Waals surface area (Å²) in [7, 11) is 0. The molecule has 19 heavy (non-hydrogen) atoms. The van der Waals surface area contributed by atoms with Crippen molar-refractivity contribution >= 4 is 11.7 Å². The van der Waals surface area contributed by atoms with Crippen molar-refractivity contribution in [2.24, 2.45) is 10.5 Å². The first-order valence-electron chi connectivity index (χ1n) is 6.66.